The number of hydrogen-bond acceptors (Lipinski definition) is 5. The molecule has 0 aliphatic rings. The maximum atomic E-state index is 13.5. The number of carbonyl (C=O) groups excluding carboxylic acids is 2. The van der Waals surface area contributed by atoms with Crippen LogP contribution in [0.4, 0.5) is 18.9 Å². The second-order valence-electron chi connectivity index (χ2n) is 8.44. The van der Waals surface area contributed by atoms with E-state index in [1.807, 2.05) is 0 Å². The number of sulfonamides is 1. The van der Waals surface area contributed by atoms with Crippen molar-refractivity contribution >= 4 is 33.7 Å². The predicted molar refractivity (Wildman–Crippen MR) is 137 cm³/mol. The lowest BCUT2D eigenvalue weighted by atomic mass is 10.1. The van der Waals surface area contributed by atoms with Crippen molar-refractivity contribution in [1.29, 1.82) is 0 Å². The van der Waals surface area contributed by atoms with Crippen LogP contribution in [0.25, 0.3) is 5.69 Å². The van der Waals surface area contributed by atoms with Gasteiger partial charge in [-0.25, -0.2) is 13.8 Å². The number of halogens is 3. The van der Waals surface area contributed by atoms with Crippen LogP contribution in [0.2, 0.25) is 0 Å². The van der Waals surface area contributed by atoms with Crippen LogP contribution in [0.15, 0.2) is 64.6 Å². The molecule has 0 aliphatic carbocycles. The molecule has 3 rings (SSSR count). The largest absolute Gasteiger partial charge is 0.418 e. The zero-order valence-electron chi connectivity index (χ0n) is 21.0. The predicted octanol–water partition coefficient (Wildman–Crippen LogP) is 3.84. The molecule has 2 amide bonds. The van der Waals surface area contributed by atoms with Gasteiger partial charge in [0.15, 0.2) is 0 Å². The maximum absolute atomic E-state index is 13.5. The van der Waals surface area contributed by atoms with Crippen molar-refractivity contribution in [3.63, 3.8) is 0 Å². The summed E-state index contributed by atoms with van der Waals surface area (Å²) in [4.78, 5) is 23.4. The first kappa shape index (κ1) is 28.6. The Morgan fingerprint density at radius 2 is 1.71 bits per heavy atom. The molecule has 0 unspecified atom stereocenters. The number of amides is 2. The van der Waals surface area contributed by atoms with Crippen molar-refractivity contribution in [1.82, 2.24) is 14.3 Å². The lowest BCUT2D eigenvalue weighted by Crippen LogP contribution is -2.36. The standard InChI is InChI=1S/C25H26F3N5O4S/c1-16-13-19(17(2)33(16)23-8-6-5-7-22(23)25(26,27)28)14-29-31-24(35)15-32(4)38(36,37)21-11-9-20(10-12-21)30-18(3)34/h5-14H,15H2,1-4H3,(H,30,34)(H,31,35)/b29-14-. The lowest BCUT2D eigenvalue weighted by Gasteiger charge is -2.16. The molecule has 38 heavy (non-hydrogen) atoms. The smallest absolute Gasteiger partial charge is 0.326 e. The van der Waals surface area contributed by atoms with Crippen molar-refractivity contribution in [2.75, 3.05) is 18.9 Å². The van der Waals surface area contributed by atoms with Gasteiger partial charge in [0.05, 0.1) is 28.9 Å². The topological polar surface area (TPSA) is 113 Å². The van der Waals surface area contributed by atoms with Crippen LogP contribution in [0.1, 0.15) is 29.4 Å². The molecule has 3 aromatic rings. The SMILES string of the molecule is CC(=O)Nc1ccc(S(=O)(=O)N(C)CC(=O)N/N=C\c2cc(C)n(-c3ccccc3C(F)(F)F)c2C)cc1. The van der Waals surface area contributed by atoms with E-state index in [9.17, 15) is 31.2 Å². The van der Waals surface area contributed by atoms with Crippen molar-refractivity contribution < 1.29 is 31.2 Å². The van der Waals surface area contributed by atoms with Crippen molar-refractivity contribution in [3.05, 3.63) is 77.1 Å². The number of rotatable bonds is 8. The molecule has 0 fully saturated rings. The van der Waals surface area contributed by atoms with Crippen LogP contribution in [-0.2, 0) is 25.8 Å². The van der Waals surface area contributed by atoms with Gasteiger partial charge in [0.2, 0.25) is 15.9 Å². The van der Waals surface area contributed by atoms with Crippen molar-refractivity contribution in [2.45, 2.75) is 31.8 Å². The first-order valence-corrected chi connectivity index (χ1v) is 12.7. The maximum Gasteiger partial charge on any atom is 0.418 e. The van der Waals surface area contributed by atoms with Gasteiger partial charge in [0.25, 0.3) is 5.91 Å². The molecule has 0 aliphatic heterocycles. The van der Waals surface area contributed by atoms with Gasteiger partial charge in [-0.15, -0.1) is 0 Å². The summed E-state index contributed by atoms with van der Waals surface area (Å²) >= 11 is 0. The van der Waals surface area contributed by atoms with Crippen LogP contribution in [0, 0.1) is 13.8 Å². The third kappa shape index (κ3) is 6.47. The number of hydrogen-bond donors (Lipinski definition) is 2. The number of anilines is 1. The highest BCUT2D eigenvalue weighted by Crippen LogP contribution is 2.35. The van der Waals surface area contributed by atoms with Gasteiger partial charge in [-0.1, -0.05) is 12.1 Å². The number of para-hydroxylation sites is 1. The summed E-state index contributed by atoms with van der Waals surface area (Å²) in [5, 5.41) is 6.38. The molecule has 0 atom stereocenters. The Balaban J connectivity index is 1.70. The third-order valence-electron chi connectivity index (χ3n) is 5.56. The Bertz CT molecular complexity index is 1480. The molecule has 1 heterocycles. The summed E-state index contributed by atoms with van der Waals surface area (Å²) in [6, 6.07) is 12.3. The molecular weight excluding hydrogens is 523 g/mol. The Morgan fingerprint density at radius 3 is 2.32 bits per heavy atom. The fourth-order valence-corrected chi connectivity index (χ4v) is 4.91. The number of nitrogens with zero attached hydrogens (tertiary/aromatic N) is 3. The number of benzene rings is 2. The summed E-state index contributed by atoms with van der Waals surface area (Å²) in [6.07, 6.45) is -3.26. The Kier molecular flexibility index (Phi) is 8.42. The van der Waals surface area contributed by atoms with E-state index in [2.05, 4.69) is 15.8 Å². The van der Waals surface area contributed by atoms with E-state index >= 15 is 0 Å². The second-order valence-corrected chi connectivity index (χ2v) is 10.5. The molecule has 0 saturated carbocycles. The minimum absolute atomic E-state index is 0.0318. The molecule has 0 spiro atoms. The quantitative estimate of drug-likeness (QED) is 0.328. The van der Waals surface area contributed by atoms with Gasteiger partial charge in [0.1, 0.15) is 0 Å². The first-order valence-electron chi connectivity index (χ1n) is 11.2. The number of carbonyl (C=O) groups is 2. The zero-order valence-corrected chi connectivity index (χ0v) is 21.8. The van der Waals surface area contributed by atoms with Gasteiger partial charge in [-0.3, -0.25) is 9.59 Å². The number of aromatic nitrogens is 1. The van der Waals surface area contributed by atoms with E-state index < -0.39 is 34.2 Å². The first-order chi connectivity index (χ1) is 17.7. The Morgan fingerprint density at radius 1 is 1.08 bits per heavy atom. The van der Waals surface area contributed by atoms with Crippen molar-refractivity contribution in [2.24, 2.45) is 5.10 Å². The number of hydrazone groups is 1. The van der Waals surface area contributed by atoms with Crippen LogP contribution in [0.3, 0.4) is 0 Å². The summed E-state index contributed by atoms with van der Waals surface area (Å²) < 4.78 is 68.3. The third-order valence-corrected chi connectivity index (χ3v) is 7.38. The van der Waals surface area contributed by atoms with E-state index in [1.165, 1.54) is 67.2 Å². The zero-order chi connectivity index (χ0) is 28.3. The minimum Gasteiger partial charge on any atom is -0.326 e. The van der Waals surface area contributed by atoms with Crippen LogP contribution >= 0.6 is 0 Å². The molecule has 1 aromatic heterocycles. The molecule has 202 valence electrons. The average Bonchev–Trinajstić information content (AvgIpc) is 3.11. The van der Waals surface area contributed by atoms with Crippen molar-refractivity contribution in [3.8, 4) is 5.69 Å². The molecule has 0 saturated heterocycles. The molecular formula is C25H26F3N5O4S. The fraction of sp³-hybridized carbons (Fsp3) is 0.240. The normalized spacial score (nSPS) is 12.2. The summed E-state index contributed by atoms with van der Waals surface area (Å²) in [5.74, 6) is -1.03. The fourth-order valence-electron chi connectivity index (χ4n) is 3.79. The summed E-state index contributed by atoms with van der Waals surface area (Å²) in [7, 11) is -2.77. The van der Waals surface area contributed by atoms with Crippen LogP contribution < -0.4 is 10.7 Å². The molecule has 2 aromatic carbocycles. The van der Waals surface area contributed by atoms with Gasteiger partial charge in [-0.05, 0) is 56.3 Å². The highest BCUT2D eigenvalue weighted by atomic mass is 32.2. The second kappa shape index (κ2) is 11.2. The average molecular weight is 550 g/mol. The lowest BCUT2D eigenvalue weighted by molar-refractivity contribution is -0.137. The van der Waals surface area contributed by atoms with Gasteiger partial charge < -0.3 is 9.88 Å². The van der Waals surface area contributed by atoms with E-state index in [0.29, 0.717) is 22.6 Å². The molecule has 0 bridgehead atoms. The minimum atomic E-state index is -4.54. The summed E-state index contributed by atoms with van der Waals surface area (Å²) in [6.45, 7) is 4.06. The molecule has 0 radical (unpaired) electrons. The van der Waals surface area contributed by atoms with E-state index in [1.54, 1.807) is 19.9 Å². The monoisotopic (exact) mass is 549 g/mol. The highest BCUT2D eigenvalue weighted by Gasteiger charge is 2.34. The van der Waals surface area contributed by atoms with Gasteiger partial charge in [-0.2, -0.15) is 22.6 Å². The van der Waals surface area contributed by atoms with Gasteiger partial charge >= 0.3 is 6.18 Å². The summed E-state index contributed by atoms with van der Waals surface area (Å²) in [5.41, 5.74) is 3.32. The van der Waals surface area contributed by atoms with E-state index in [4.69, 9.17) is 0 Å². The van der Waals surface area contributed by atoms with Gasteiger partial charge in [0, 0.05) is 36.6 Å². The number of likely N-dealkylation sites (N-methyl/N-ethyl adjacent to an activating group) is 1. The Hall–Kier alpha value is -3.97. The van der Waals surface area contributed by atoms with Crippen LogP contribution in [0.5, 0.6) is 0 Å². The number of alkyl halides is 3. The molecule has 2 N–H and O–H groups in total. The van der Waals surface area contributed by atoms with E-state index in [-0.39, 0.29) is 16.5 Å². The Labute approximate surface area is 218 Å². The molecule has 9 nitrogen and oxygen atoms in total. The number of nitrogens with one attached hydrogen (secondary N) is 2. The highest BCUT2D eigenvalue weighted by molar-refractivity contribution is 7.89. The number of aryl methyl sites for hydroxylation is 1. The van der Waals surface area contributed by atoms with Crippen LogP contribution in [-0.4, -0.2) is 48.9 Å². The molecule has 13 heteroatoms. The van der Waals surface area contributed by atoms with E-state index in [0.717, 1.165) is 10.4 Å².